The number of nitrogens with zero attached hydrogens (tertiary/aromatic N) is 1. The normalized spacial score (nSPS) is 9.46. The first-order valence-electron chi connectivity index (χ1n) is 3.43. The van der Waals surface area contributed by atoms with Gasteiger partial charge in [0, 0.05) is 19.4 Å². The summed E-state index contributed by atoms with van der Waals surface area (Å²) in [4.78, 5) is 14.9. The van der Waals surface area contributed by atoms with Gasteiger partial charge in [0.25, 0.3) is 0 Å². The van der Waals surface area contributed by atoms with Crippen molar-refractivity contribution < 1.29 is 4.79 Å². The highest BCUT2D eigenvalue weighted by molar-refractivity contribution is 9.11. The highest BCUT2D eigenvalue weighted by Crippen LogP contribution is 2.28. The number of halogens is 2. The second-order valence-corrected chi connectivity index (χ2v) is 3.89. The number of hydrogen-bond donors (Lipinski definition) is 2. The van der Waals surface area contributed by atoms with Crippen LogP contribution in [0.1, 0.15) is 0 Å². The highest BCUT2D eigenvalue weighted by Gasteiger charge is 2.07. The minimum absolute atomic E-state index is 0.271. The maximum atomic E-state index is 11.0. The van der Waals surface area contributed by atoms with Gasteiger partial charge >= 0.3 is 6.03 Å². The molecule has 4 nitrogen and oxygen atoms in total. The van der Waals surface area contributed by atoms with E-state index in [2.05, 4.69) is 47.5 Å². The maximum absolute atomic E-state index is 11.0. The van der Waals surface area contributed by atoms with Gasteiger partial charge in [-0.05, 0) is 31.9 Å². The fourth-order valence-electron chi connectivity index (χ4n) is 0.707. The molecule has 6 heteroatoms. The van der Waals surface area contributed by atoms with Gasteiger partial charge in [-0.2, -0.15) is 0 Å². The smallest absolute Gasteiger partial charge is 0.319 e. The summed E-state index contributed by atoms with van der Waals surface area (Å²) in [6, 6.07) is -0.271. The number of aromatic nitrogens is 1. The van der Waals surface area contributed by atoms with Crippen molar-refractivity contribution in [3.63, 3.8) is 0 Å². The number of hydrogen-bond acceptors (Lipinski definition) is 2. The summed E-state index contributed by atoms with van der Waals surface area (Å²) in [6.45, 7) is 0. The van der Waals surface area contributed by atoms with E-state index in [9.17, 15) is 4.79 Å². The fraction of sp³-hybridized carbons (Fsp3) is 0.143. The van der Waals surface area contributed by atoms with E-state index in [0.717, 1.165) is 8.95 Å². The minimum Gasteiger partial charge on any atom is -0.341 e. The monoisotopic (exact) mass is 307 g/mol. The largest absolute Gasteiger partial charge is 0.341 e. The molecule has 70 valence electrons. The second-order valence-electron chi connectivity index (χ2n) is 2.18. The lowest BCUT2D eigenvalue weighted by atomic mass is 10.4. The molecule has 0 bridgehead atoms. The van der Waals surface area contributed by atoms with Crippen molar-refractivity contribution in [2.75, 3.05) is 12.4 Å². The first kappa shape index (κ1) is 10.5. The molecule has 0 aromatic carbocycles. The Morgan fingerprint density at radius 3 is 2.38 bits per heavy atom. The Morgan fingerprint density at radius 2 is 1.92 bits per heavy atom. The van der Waals surface area contributed by atoms with Crippen LogP contribution >= 0.6 is 31.9 Å². The summed E-state index contributed by atoms with van der Waals surface area (Å²) < 4.78 is 1.45. The first-order valence-corrected chi connectivity index (χ1v) is 5.01. The van der Waals surface area contributed by atoms with Crippen molar-refractivity contribution in [3.05, 3.63) is 21.3 Å². The molecule has 2 N–H and O–H groups in total. The van der Waals surface area contributed by atoms with Crippen LogP contribution in [-0.2, 0) is 0 Å². The van der Waals surface area contributed by atoms with Crippen molar-refractivity contribution in [2.45, 2.75) is 0 Å². The van der Waals surface area contributed by atoms with Gasteiger partial charge in [0.15, 0.2) is 0 Å². The van der Waals surface area contributed by atoms with Gasteiger partial charge in [-0.1, -0.05) is 0 Å². The molecule has 1 rings (SSSR count). The molecule has 0 aliphatic heterocycles. The third-order valence-corrected chi connectivity index (χ3v) is 2.52. The van der Waals surface area contributed by atoms with Crippen LogP contribution in [0.2, 0.25) is 0 Å². The molecule has 0 spiro atoms. The number of rotatable bonds is 1. The van der Waals surface area contributed by atoms with Crippen molar-refractivity contribution in [1.82, 2.24) is 10.3 Å². The van der Waals surface area contributed by atoms with E-state index in [0.29, 0.717) is 5.69 Å². The highest BCUT2D eigenvalue weighted by atomic mass is 79.9. The summed E-state index contributed by atoms with van der Waals surface area (Å²) in [5.41, 5.74) is 0.661. The Hall–Kier alpha value is -0.620. The average Bonchev–Trinajstić information content (AvgIpc) is 2.11. The van der Waals surface area contributed by atoms with Crippen molar-refractivity contribution in [1.29, 1.82) is 0 Å². The molecule has 1 aromatic heterocycles. The predicted molar refractivity (Wildman–Crippen MR) is 57.7 cm³/mol. The SMILES string of the molecule is CNC(=O)Nc1c(Br)cncc1Br. The Labute approximate surface area is 92.4 Å². The van der Waals surface area contributed by atoms with Gasteiger partial charge in [-0.25, -0.2) is 4.79 Å². The summed E-state index contributed by atoms with van der Waals surface area (Å²) >= 11 is 6.54. The molecular formula is C7H7Br2N3O. The summed E-state index contributed by atoms with van der Waals surface area (Å²) in [5, 5.41) is 5.10. The molecule has 1 aromatic rings. The molecule has 0 aliphatic rings. The second kappa shape index (κ2) is 4.57. The Balaban J connectivity index is 2.93. The zero-order valence-electron chi connectivity index (χ0n) is 6.77. The number of nitrogens with one attached hydrogen (secondary N) is 2. The maximum Gasteiger partial charge on any atom is 0.319 e. The van der Waals surface area contributed by atoms with Crippen molar-refractivity contribution >= 4 is 43.6 Å². The number of pyridine rings is 1. The standard InChI is InChI=1S/C7H7Br2N3O/c1-10-7(13)12-6-4(8)2-11-3-5(6)9/h2-3H,1H3,(H2,10,11,12,13). The molecule has 2 amide bonds. The Morgan fingerprint density at radius 1 is 1.38 bits per heavy atom. The third-order valence-electron chi connectivity index (χ3n) is 1.32. The van der Waals surface area contributed by atoms with E-state index in [1.54, 1.807) is 19.4 Å². The number of urea groups is 1. The minimum atomic E-state index is -0.271. The van der Waals surface area contributed by atoms with Gasteiger partial charge in [0.05, 0.1) is 14.6 Å². The van der Waals surface area contributed by atoms with Crippen LogP contribution in [0.5, 0.6) is 0 Å². The first-order chi connectivity index (χ1) is 6.15. The van der Waals surface area contributed by atoms with Gasteiger partial charge in [-0.3, -0.25) is 4.98 Å². The van der Waals surface area contributed by atoms with Crippen LogP contribution in [-0.4, -0.2) is 18.1 Å². The lowest BCUT2D eigenvalue weighted by Crippen LogP contribution is -2.24. The van der Waals surface area contributed by atoms with Crippen LogP contribution < -0.4 is 10.6 Å². The molecule has 1 heterocycles. The zero-order chi connectivity index (χ0) is 9.84. The fourth-order valence-corrected chi connectivity index (χ4v) is 1.83. The Kier molecular flexibility index (Phi) is 3.68. The third kappa shape index (κ3) is 2.67. The summed E-state index contributed by atoms with van der Waals surface area (Å²) in [6.07, 6.45) is 3.21. The van der Waals surface area contributed by atoms with Crippen molar-refractivity contribution in [2.24, 2.45) is 0 Å². The van der Waals surface area contributed by atoms with Crippen molar-refractivity contribution in [3.8, 4) is 0 Å². The van der Waals surface area contributed by atoms with E-state index < -0.39 is 0 Å². The van der Waals surface area contributed by atoms with Crippen LogP contribution in [0, 0.1) is 0 Å². The van der Waals surface area contributed by atoms with Gasteiger partial charge in [0.2, 0.25) is 0 Å². The zero-order valence-corrected chi connectivity index (χ0v) is 9.94. The topological polar surface area (TPSA) is 54.0 Å². The van der Waals surface area contributed by atoms with E-state index in [1.165, 1.54) is 0 Å². The van der Waals surface area contributed by atoms with Crippen LogP contribution in [0.25, 0.3) is 0 Å². The quantitative estimate of drug-likeness (QED) is 0.837. The van der Waals surface area contributed by atoms with Gasteiger partial charge in [0.1, 0.15) is 0 Å². The van der Waals surface area contributed by atoms with E-state index in [1.807, 2.05) is 0 Å². The van der Waals surface area contributed by atoms with Crippen LogP contribution in [0.15, 0.2) is 21.3 Å². The predicted octanol–water partition coefficient (Wildman–Crippen LogP) is 2.36. The molecule has 0 aliphatic carbocycles. The molecule has 13 heavy (non-hydrogen) atoms. The van der Waals surface area contributed by atoms with E-state index in [4.69, 9.17) is 0 Å². The molecule has 0 atom stereocenters. The number of anilines is 1. The summed E-state index contributed by atoms with van der Waals surface area (Å²) in [5.74, 6) is 0. The van der Waals surface area contributed by atoms with E-state index >= 15 is 0 Å². The summed E-state index contributed by atoms with van der Waals surface area (Å²) in [7, 11) is 1.55. The lowest BCUT2D eigenvalue weighted by molar-refractivity contribution is 0.254. The molecule has 0 fully saturated rings. The van der Waals surface area contributed by atoms with Gasteiger partial charge < -0.3 is 10.6 Å². The molecule has 0 radical (unpaired) electrons. The van der Waals surface area contributed by atoms with Gasteiger partial charge in [-0.15, -0.1) is 0 Å². The lowest BCUT2D eigenvalue weighted by Gasteiger charge is -2.07. The van der Waals surface area contributed by atoms with Crippen LogP contribution in [0.4, 0.5) is 10.5 Å². The molecule has 0 unspecified atom stereocenters. The van der Waals surface area contributed by atoms with Crippen LogP contribution in [0.3, 0.4) is 0 Å². The number of carbonyl (C=O) groups excluding carboxylic acids is 1. The number of amides is 2. The molecular weight excluding hydrogens is 302 g/mol. The Bertz CT molecular complexity index is 309. The number of carbonyl (C=O) groups is 1. The molecule has 0 saturated carbocycles. The van der Waals surface area contributed by atoms with E-state index in [-0.39, 0.29) is 6.03 Å². The average molecular weight is 309 g/mol. The molecule has 0 saturated heterocycles.